The number of benzene rings is 1. The quantitative estimate of drug-likeness (QED) is 0.711. The van der Waals surface area contributed by atoms with Gasteiger partial charge in [0.15, 0.2) is 11.5 Å². The Morgan fingerprint density at radius 1 is 1.12 bits per heavy atom. The molecular formula is C19H28N2O5. The van der Waals surface area contributed by atoms with Crippen molar-refractivity contribution in [3.05, 3.63) is 23.8 Å². The topological polar surface area (TPSA) is 77.1 Å². The molecule has 0 bridgehead atoms. The fourth-order valence-corrected chi connectivity index (χ4v) is 3.07. The lowest BCUT2D eigenvalue weighted by atomic mass is 9.95. The molecule has 0 radical (unpaired) electrons. The van der Waals surface area contributed by atoms with Gasteiger partial charge in [0.2, 0.25) is 5.91 Å². The molecule has 1 aliphatic heterocycles. The first kappa shape index (κ1) is 20.0. The lowest BCUT2D eigenvalue weighted by molar-refractivity contribution is -0.126. The summed E-state index contributed by atoms with van der Waals surface area (Å²) in [6.45, 7) is 2.41. The van der Waals surface area contributed by atoms with Crippen LogP contribution in [0.2, 0.25) is 0 Å². The van der Waals surface area contributed by atoms with Crippen LogP contribution in [0.25, 0.3) is 0 Å². The number of likely N-dealkylation sites (tertiary alicyclic amines) is 1. The highest BCUT2D eigenvalue weighted by Gasteiger charge is 2.28. The zero-order valence-electron chi connectivity index (χ0n) is 15.7. The first-order valence-corrected chi connectivity index (χ1v) is 8.88. The minimum Gasteiger partial charge on any atom is -0.493 e. The number of amides is 2. The maximum Gasteiger partial charge on any atom is 0.253 e. The van der Waals surface area contributed by atoms with E-state index < -0.39 is 0 Å². The van der Waals surface area contributed by atoms with E-state index in [2.05, 4.69) is 5.32 Å². The molecule has 1 heterocycles. The highest BCUT2D eigenvalue weighted by molar-refractivity contribution is 5.95. The highest BCUT2D eigenvalue weighted by Crippen LogP contribution is 2.28. The molecule has 0 atom stereocenters. The van der Waals surface area contributed by atoms with E-state index in [9.17, 15) is 9.59 Å². The molecule has 1 N–H and O–H groups in total. The van der Waals surface area contributed by atoms with E-state index >= 15 is 0 Å². The Balaban J connectivity index is 1.87. The van der Waals surface area contributed by atoms with E-state index in [1.165, 1.54) is 0 Å². The van der Waals surface area contributed by atoms with Gasteiger partial charge in [0.05, 0.1) is 14.2 Å². The Bertz CT molecular complexity index is 612. The molecule has 1 aliphatic rings. The molecule has 1 aromatic rings. The second-order valence-electron chi connectivity index (χ2n) is 6.27. The third-order valence-electron chi connectivity index (χ3n) is 4.61. The van der Waals surface area contributed by atoms with Crippen molar-refractivity contribution in [1.82, 2.24) is 10.2 Å². The van der Waals surface area contributed by atoms with E-state index in [1.807, 2.05) is 0 Å². The number of nitrogens with one attached hydrogen (secondary N) is 1. The fraction of sp³-hybridized carbons (Fsp3) is 0.579. The van der Waals surface area contributed by atoms with E-state index in [0.717, 1.165) is 6.42 Å². The molecule has 0 spiro atoms. The number of rotatable bonds is 8. The number of carbonyl (C=O) groups is 2. The molecular weight excluding hydrogens is 336 g/mol. The number of nitrogens with zero attached hydrogens (tertiary/aromatic N) is 1. The number of methoxy groups -OCH3 is 3. The van der Waals surface area contributed by atoms with Crippen LogP contribution in [0.5, 0.6) is 11.5 Å². The van der Waals surface area contributed by atoms with Crippen LogP contribution in [0.3, 0.4) is 0 Å². The third-order valence-corrected chi connectivity index (χ3v) is 4.61. The molecule has 0 unspecified atom stereocenters. The predicted molar refractivity (Wildman–Crippen MR) is 97.7 cm³/mol. The first-order chi connectivity index (χ1) is 12.6. The van der Waals surface area contributed by atoms with Crippen LogP contribution in [0.4, 0.5) is 0 Å². The summed E-state index contributed by atoms with van der Waals surface area (Å²) in [6.07, 6.45) is 2.16. The largest absolute Gasteiger partial charge is 0.493 e. The number of piperidine rings is 1. The van der Waals surface area contributed by atoms with Crippen molar-refractivity contribution in [2.45, 2.75) is 19.3 Å². The van der Waals surface area contributed by atoms with Crippen molar-refractivity contribution in [2.75, 3.05) is 47.6 Å². The lowest BCUT2D eigenvalue weighted by Crippen LogP contribution is -2.43. The summed E-state index contributed by atoms with van der Waals surface area (Å²) in [5.74, 6) is 1.10. The Morgan fingerprint density at radius 2 is 1.81 bits per heavy atom. The molecule has 0 saturated carbocycles. The third kappa shape index (κ3) is 5.11. The second-order valence-corrected chi connectivity index (χ2v) is 6.27. The van der Waals surface area contributed by atoms with Crippen LogP contribution in [0.15, 0.2) is 18.2 Å². The zero-order chi connectivity index (χ0) is 18.9. The van der Waals surface area contributed by atoms with Crippen molar-refractivity contribution in [3.63, 3.8) is 0 Å². The van der Waals surface area contributed by atoms with E-state index in [-0.39, 0.29) is 17.7 Å². The van der Waals surface area contributed by atoms with Crippen LogP contribution in [-0.2, 0) is 9.53 Å². The molecule has 0 aromatic heterocycles. The van der Waals surface area contributed by atoms with Gasteiger partial charge in [0.1, 0.15) is 0 Å². The average molecular weight is 364 g/mol. The van der Waals surface area contributed by atoms with Gasteiger partial charge in [-0.2, -0.15) is 0 Å². The number of ether oxygens (including phenoxy) is 3. The van der Waals surface area contributed by atoms with Crippen molar-refractivity contribution in [2.24, 2.45) is 5.92 Å². The van der Waals surface area contributed by atoms with Crippen molar-refractivity contribution < 1.29 is 23.8 Å². The Labute approximate surface area is 154 Å². The van der Waals surface area contributed by atoms with E-state index in [1.54, 1.807) is 44.4 Å². The van der Waals surface area contributed by atoms with Gasteiger partial charge in [-0.1, -0.05) is 0 Å². The SMILES string of the molecule is COCCCNC(=O)C1CCN(C(=O)c2ccc(OC)c(OC)c2)CC1. The van der Waals surface area contributed by atoms with Crippen molar-refractivity contribution >= 4 is 11.8 Å². The van der Waals surface area contributed by atoms with Crippen LogP contribution in [0.1, 0.15) is 29.6 Å². The van der Waals surface area contributed by atoms with Crippen molar-refractivity contribution in [3.8, 4) is 11.5 Å². The predicted octanol–water partition coefficient (Wildman–Crippen LogP) is 1.71. The standard InChI is InChI=1S/C19H28N2O5/c1-24-12-4-9-20-18(22)14-7-10-21(11-8-14)19(23)15-5-6-16(25-2)17(13-15)26-3/h5-6,13-14H,4,7-12H2,1-3H3,(H,20,22). The smallest absolute Gasteiger partial charge is 0.253 e. The van der Waals surface area contributed by atoms with Gasteiger partial charge in [0, 0.05) is 44.8 Å². The molecule has 144 valence electrons. The maximum atomic E-state index is 12.7. The van der Waals surface area contributed by atoms with Gasteiger partial charge in [0.25, 0.3) is 5.91 Å². The molecule has 7 heteroatoms. The minimum absolute atomic E-state index is 0.0352. The summed E-state index contributed by atoms with van der Waals surface area (Å²) in [7, 11) is 4.75. The van der Waals surface area contributed by atoms with Gasteiger partial charge in [-0.15, -0.1) is 0 Å². The molecule has 1 fully saturated rings. The molecule has 2 amide bonds. The molecule has 26 heavy (non-hydrogen) atoms. The maximum absolute atomic E-state index is 12.7. The van der Waals surface area contributed by atoms with Crippen LogP contribution in [0, 0.1) is 5.92 Å². The Morgan fingerprint density at radius 3 is 2.42 bits per heavy atom. The molecule has 1 saturated heterocycles. The van der Waals surface area contributed by atoms with Gasteiger partial charge < -0.3 is 24.4 Å². The summed E-state index contributed by atoms with van der Waals surface area (Å²) < 4.78 is 15.4. The van der Waals surface area contributed by atoms with Gasteiger partial charge in [-0.3, -0.25) is 9.59 Å². The lowest BCUT2D eigenvalue weighted by Gasteiger charge is -2.31. The Kier molecular flexibility index (Phi) is 7.72. The second kappa shape index (κ2) is 10.0. The fourth-order valence-electron chi connectivity index (χ4n) is 3.07. The molecule has 1 aromatic carbocycles. The van der Waals surface area contributed by atoms with Gasteiger partial charge >= 0.3 is 0 Å². The van der Waals surface area contributed by atoms with E-state index in [0.29, 0.717) is 56.1 Å². The minimum atomic E-state index is -0.0510. The summed E-state index contributed by atoms with van der Waals surface area (Å²) in [5, 5.41) is 2.94. The molecule has 7 nitrogen and oxygen atoms in total. The number of hydrogen-bond donors (Lipinski definition) is 1. The van der Waals surface area contributed by atoms with Gasteiger partial charge in [-0.25, -0.2) is 0 Å². The first-order valence-electron chi connectivity index (χ1n) is 8.88. The van der Waals surface area contributed by atoms with Crippen LogP contribution >= 0.6 is 0 Å². The monoisotopic (exact) mass is 364 g/mol. The molecule has 2 rings (SSSR count). The van der Waals surface area contributed by atoms with Crippen LogP contribution < -0.4 is 14.8 Å². The normalized spacial score (nSPS) is 14.8. The summed E-state index contributed by atoms with van der Waals surface area (Å²) in [4.78, 5) is 26.7. The zero-order valence-corrected chi connectivity index (χ0v) is 15.7. The number of carbonyl (C=O) groups excluding carboxylic acids is 2. The summed E-state index contributed by atoms with van der Waals surface area (Å²) >= 11 is 0. The average Bonchev–Trinajstić information content (AvgIpc) is 2.70. The molecule has 0 aliphatic carbocycles. The summed E-state index contributed by atoms with van der Waals surface area (Å²) in [6, 6.07) is 5.15. The van der Waals surface area contributed by atoms with Crippen molar-refractivity contribution in [1.29, 1.82) is 0 Å². The number of hydrogen-bond acceptors (Lipinski definition) is 5. The Hall–Kier alpha value is -2.28. The van der Waals surface area contributed by atoms with Crippen LogP contribution in [-0.4, -0.2) is 64.3 Å². The summed E-state index contributed by atoms with van der Waals surface area (Å²) in [5.41, 5.74) is 0.560. The van der Waals surface area contributed by atoms with E-state index in [4.69, 9.17) is 14.2 Å². The highest BCUT2D eigenvalue weighted by atomic mass is 16.5. The van der Waals surface area contributed by atoms with Gasteiger partial charge in [-0.05, 0) is 37.5 Å².